The van der Waals surface area contributed by atoms with Gasteiger partial charge in [-0.15, -0.1) is 0 Å². The number of benzene rings is 1. The van der Waals surface area contributed by atoms with Crippen LogP contribution in [0, 0.1) is 0 Å². The Balaban J connectivity index is 2.25. The van der Waals surface area contributed by atoms with Crippen molar-refractivity contribution < 1.29 is 14.7 Å². The number of carbonyl (C=O) groups excluding carboxylic acids is 1. The van der Waals surface area contributed by atoms with Crippen LogP contribution >= 0.6 is 23.4 Å². The molecule has 2 rings (SSSR count). The summed E-state index contributed by atoms with van der Waals surface area (Å²) in [5.74, 6) is -0.755. The third-order valence-electron chi connectivity index (χ3n) is 3.45. The molecule has 0 aliphatic carbocycles. The van der Waals surface area contributed by atoms with Gasteiger partial charge in [0.1, 0.15) is 11.7 Å². The number of rotatable bonds is 6. The fourth-order valence-corrected chi connectivity index (χ4v) is 2.92. The molecule has 0 unspecified atom stereocenters. The van der Waals surface area contributed by atoms with E-state index in [4.69, 9.17) is 11.6 Å². The van der Waals surface area contributed by atoms with Gasteiger partial charge in [-0.1, -0.05) is 11.6 Å². The van der Waals surface area contributed by atoms with Gasteiger partial charge in [0.2, 0.25) is 0 Å². The van der Waals surface area contributed by atoms with Crippen molar-refractivity contribution in [1.29, 1.82) is 0 Å². The van der Waals surface area contributed by atoms with Gasteiger partial charge in [0, 0.05) is 23.0 Å². The number of amides is 1. The van der Waals surface area contributed by atoms with Crippen LogP contribution in [0.2, 0.25) is 5.02 Å². The van der Waals surface area contributed by atoms with Crippen molar-refractivity contribution in [2.75, 3.05) is 12.0 Å². The Labute approximate surface area is 137 Å². The first-order valence-electron chi connectivity index (χ1n) is 6.71. The predicted octanol–water partition coefficient (Wildman–Crippen LogP) is 2.77. The normalized spacial score (nSPS) is 12.3. The number of carboxylic acid groups (broad SMARTS) is 1. The Morgan fingerprint density at radius 2 is 2.14 bits per heavy atom. The molecule has 1 amide bonds. The molecular weight excluding hydrogens is 324 g/mol. The van der Waals surface area contributed by atoms with Crippen LogP contribution in [0.25, 0.3) is 10.9 Å². The summed E-state index contributed by atoms with van der Waals surface area (Å²) in [4.78, 5) is 23.6. The molecule has 7 heteroatoms. The van der Waals surface area contributed by atoms with E-state index in [1.54, 1.807) is 41.6 Å². The zero-order chi connectivity index (χ0) is 16.3. The number of nitrogens with one attached hydrogen (secondary N) is 1. The Morgan fingerprint density at radius 1 is 1.41 bits per heavy atom. The lowest BCUT2D eigenvalue weighted by atomic mass is 10.2. The lowest BCUT2D eigenvalue weighted by molar-refractivity contribution is -0.139. The van der Waals surface area contributed by atoms with E-state index in [1.165, 1.54) is 0 Å². The third kappa shape index (κ3) is 3.56. The van der Waals surface area contributed by atoms with Crippen molar-refractivity contribution in [3.8, 4) is 0 Å². The molecule has 0 saturated carbocycles. The number of hydrogen-bond donors (Lipinski definition) is 2. The third-order valence-corrected chi connectivity index (χ3v) is 4.33. The maximum atomic E-state index is 12.4. The number of thioether (sulfide) groups is 1. The summed E-state index contributed by atoms with van der Waals surface area (Å²) in [5, 5.41) is 13.2. The predicted molar refractivity (Wildman–Crippen MR) is 89.8 cm³/mol. The number of halogens is 1. The largest absolute Gasteiger partial charge is 0.480 e. The molecule has 22 heavy (non-hydrogen) atoms. The van der Waals surface area contributed by atoms with Crippen molar-refractivity contribution in [3.05, 3.63) is 35.0 Å². The zero-order valence-electron chi connectivity index (χ0n) is 12.3. The molecule has 0 bridgehead atoms. The quantitative estimate of drug-likeness (QED) is 0.848. The number of hydrogen-bond acceptors (Lipinski definition) is 3. The number of fused-ring (bicyclic) bond motifs is 1. The second-order valence-corrected chi connectivity index (χ2v) is 6.36. The van der Waals surface area contributed by atoms with Gasteiger partial charge in [0.25, 0.3) is 5.91 Å². The molecule has 0 saturated heterocycles. The average molecular weight is 341 g/mol. The summed E-state index contributed by atoms with van der Waals surface area (Å²) in [6, 6.07) is 6.18. The molecule has 0 fully saturated rings. The van der Waals surface area contributed by atoms with Gasteiger partial charge in [0.15, 0.2) is 0 Å². The number of aliphatic carboxylic acids is 1. The van der Waals surface area contributed by atoms with Gasteiger partial charge in [0.05, 0.1) is 0 Å². The highest BCUT2D eigenvalue weighted by atomic mass is 35.5. The second-order valence-electron chi connectivity index (χ2n) is 4.94. The van der Waals surface area contributed by atoms with Crippen LogP contribution < -0.4 is 5.32 Å². The minimum Gasteiger partial charge on any atom is -0.480 e. The van der Waals surface area contributed by atoms with Crippen molar-refractivity contribution in [2.24, 2.45) is 7.05 Å². The second kappa shape index (κ2) is 7.07. The summed E-state index contributed by atoms with van der Waals surface area (Å²) in [6.07, 6.45) is 2.28. The van der Waals surface area contributed by atoms with E-state index < -0.39 is 17.9 Å². The highest BCUT2D eigenvalue weighted by Crippen LogP contribution is 2.22. The summed E-state index contributed by atoms with van der Waals surface area (Å²) in [6.45, 7) is 0. The summed E-state index contributed by atoms with van der Waals surface area (Å²) >= 11 is 7.50. The van der Waals surface area contributed by atoms with Crippen LogP contribution in [0.5, 0.6) is 0 Å². The van der Waals surface area contributed by atoms with Crippen LogP contribution in [0.3, 0.4) is 0 Å². The van der Waals surface area contributed by atoms with Gasteiger partial charge < -0.3 is 15.0 Å². The van der Waals surface area contributed by atoms with Gasteiger partial charge in [-0.3, -0.25) is 4.79 Å². The molecule has 0 aliphatic heterocycles. The fourth-order valence-electron chi connectivity index (χ4n) is 2.26. The summed E-state index contributed by atoms with van der Waals surface area (Å²) in [5.41, 5.74) is 1.28. The lowest BCUT2D eigenvalue weighted by Crippen LogP contribution is -2.41. The van der Waals surface area contributed by atoms with E-state index in [2.05, 4.69) is 5.32 Å². The first-order chi connectivity index (χ1) is 10.4. The van der Waals surface area contributed by atoms with Crippen LogP contribution in [-0.2, 0) is 11.8 Å². The number of aryl methyl sites for hydroxylation is 1. The first kappa shape index (κ1) is 16.7. The number of carboxylic acids is 1. The molecule has 2 N–H and O–H groups in total. The van der Waals surface area contributed by atoms with Crippen LogP contribution in [0.1, 0.15) is 16.9 Å². The average Bonchev–Trinajstić information content (AvgIpc) is 2.79. The van der Waals surface area contributed by atoms with Gasteiger partial charge in [-0.2, -0.15) is 11.8 Å². The Bertz CT molecular complexity index is 714. The summed E-state index contributed by atoms with van der Waals surface area (Å²) < 4.78 is 1.73. The zero-order valence-corrected chi connectivity index (χ0v) is 13.9. The molecule has 5 nitrogen and oxygen atoms in total. The van der Waals surface area contributed by atoms with Crippen LogP contribution in [-0.4, -0.2) is 39.6 Å². The highest BCUT2D eigenvalue weighted by Gasteiger charge is 2.22. The van der Waals surface area contributed by atoms with Gasteiger partial charge in [-0.25, -0.2) is 4.79 Å². The molecule has 118 valence electrons. The van der Waals surface area contributed by atoms with E-state index in [0.29, 0.717) is 22.9 Å². The molecule has 0 radical (unpaired) electrons. The molecule has 0 aliphatic rings. The maximum absolute atomic E-state index is 12.4. The number of aromatic nitrogens is 1. The Morgan fingerprint density at radius 3 is 2.77 bits per heavy atom. The first-order valence-corrected chi connectivity index (χ1v) is 8.48. The Kier molecular flexibility index (Phi) is 5.37. The smallest absolute Gasteiger partial charge is 0.326 e. The lowest BCUT2D eigenvalue weighted by Gasteiger charge is -2.14. The van der Waals surface area contributed by atoms with Crippen molar-refractivity contribution in [1.82, 2.24) is 9.88 Å². The van der Waals surface area contributed by atoms with Crippen molar-refractivity contribution in [2.45, 2.75) is 12.5 Å². The molecule has 1 aromatic heterocycles. The van der Waals surface area contributed by atoms with E-state index in [1.807, 2.05) is 12.3 Å². The van der Waals surface area contributed by atoms with Crippen LogP contribution in [0.4, 0.5) is 0 Å². The monoisotopic (exact) mass is 340 g/mol. The minimum atomic E-state index is -1.02. The Hall–Kier alpha value is -1.66. The summed E-state index contributed by atoms with van der Waals surface area (Å²) in [7, 11) is 1.77. The molecule has 1 heterocycles. The molecule has 2 aromatic rings. The van der Waals surface area contributed by atoms with Gasteiger partial charge >= 0.3 is 5.97 Å². The topological polar surface area (TPSA) is 71.3 Å². The standard InChI is InChI=1S/C15H17ClN2O3S/c1-18-12-4-3-10(16)7-9(12)8-13(18)14(19)17-11(15(20)21)5-6-22-2/h3-4,7-8,11H,5-6H2,1-2H3,(H,17,19)(H,20,21)/t11-/m0/s1. The van der Waals surface area contributed by atoms with Crippen LogP contribution in [0.15, 0.2) is 24.3 Å². The molecule has 1 atom stereocenters. The van der Waals surface area contributed by atoms with Crippen molar-refractivity contribution >= 4 is 46.1 Å². The molecule has 0 spiro atoms. The van der Waals surface area contributed by atoms with Crippen molar-refractivity contribution in [3.63, 3.8) is 0 Å². The van der Waals surface area contributed by atoms with E-state index in [0.717, 1.165) is 10.9 Å². The highest BCUT2D eigenvalue weighted by molar-refractivity contribution is 7.98. The molecular formula is C15H17ClN2O3S. The van der Waals surface area contributed by atoms with E-state index >= 15 is 0 Å². The minimum absolute atomic E-state index is 0.387. The SMILES string of the molecule is CSCC[C@H](NC(=O)c1cc2cc(Cl)ccc2n1C)C(=O)O. The number of nitrogens with zero attached hydrogens (tertiary/aromatic N) is 1. The number of carbonyl (C=O) groups is 2. The van der Waals surface area contributed by atoms with Gasteiger partial charge in [-0.05, 0) is 42.7 Å². The van der Waals surface area contributed by atoms with E-state index in [-0.39, 0.29) is 0 Å². The fraction of sp³-hybridized carbons (Fsp3) is 0.333. The molecule has 1 aromatic carbocycles. The maximum Gasteiger partial charge on any atom is 0.326 e. The van der Waals surface area contributed by atoms with E-state index in [9.17, 15) is 14.7 Å².